The summed E-state index contributed by atoms with van der Waals surface area (Å²) in [5, 5.41) is 0. The van der Waals surface area contributed by atoms with Gasteiger partial charge in [-0.15, -0.1) is 0 Å². The quantitative estimate of drug-likeness (QED) is 0.695. The fourth-order valence-electron chi connectivity index (χ4n) is 1.89. The zero-order chi connectivity index (χ0) is 13.0. The number of alkyl halides is 3. The molecule has 0 heterocycles. The largest absolute Gasteiger partial charge is 0.389 e. The molecule has 0 saturated heterocycles. The second-order valence-electron chi connectivity index (χ2n) is 5.73. The molecule has 0 spiro atoms. The van der Waals surface area contributed by atoms with Gasteiger partial charge in [-0.25, -0.2) is 0 Å². The Morgan fingerprint density at radius 1 is 1.19 bits per heavy atom. The van der Waals surface area contributed by atoms with Crippen LogP contribution in [0.2, 0.25) is 0 Å². The van der Waals surface area contributed by atoms with Crippen molar-refractivity contribution in [1.82, 2.24) is 0 Å². The van der Waals surface area contributed by atoms with E-state index in [-0.39, 0.29) is 30.0 Å². The maximum absolute atomic E-state index is 11.9. The Morgan fingerprint density at radius 3 is 2.06 bits per heavy atom. The number of ketones is 1. The molecule has 1 unspecified atom stereocenters. The summed E-state index contributed by atoms with van der Waals surface area (Å²) < 4.78 is 35.6. The molecule has 0 rings (SSSR count). The minimum Gasteiger partial charge on any atom is -0.300 e. The Hall–Kier alpha value is -0.540. The molecule has 0 aliphatic heterocycles. The van der Waals surface area contributed by atoms with Crippen LogP contribution < -0.4 is 0 Å². The summed E-state index contributed by atoms with van der Waals surface area (Å²) in [6.45, 7) is 8.09. The molecule has 0 aromatic rings. The maximum atomic E-state index is 11.9. The minimum atomic E-state index is -4.22. The van der Waals surface area contributed by atoms with Gasteiger partial charge in [0.1, 0.15) is 5.78 Å². The van der Waals surface area contributed by atoms with Crippen LogP contribution in [0.25, 0.3) is 0 Å². The molecule has 1 nitrogen and oxygen atoms in total. The number of carbonyl (C=O) groups excluding carboxylic acids is 1. The predicted octanol–water partition coefficient (Wildman–Crippen LogP) is 4.36. The van der Waals surface area contributed by atoms with Crippen LogP contribution in [-0.4, -0.2) is 12.0 Å². The summed E-state index contributed by atoms with van der Waals surface area (Å²) in [4.78, 5) is 11.3. The van der Waals surface area contributed by atoms with E-state index in [0.29, 0.717) is 0 Å². The molecule has 0 N–H and O–H groups in total. The van der Waals surface area contributed by atoms with E-state index < -0.39 is 12.6 Å². The van der Waals surface area contributed by atoms with Crippen molar-refractivity contribution in [1.29, 1.82) is 0 Å². The van der Waals surface area contributed by atoms with Crippen LogP contribution >= 0.6 is 0 Å². The Bertz CT molecular complexity index is 225. The van der Waals surface area contributed by atoms with E-state index >= 15 is 0 Å². The molecule has 0 fully saturated rings. The topological polar surface area (TPSA) is 17.1 Å². The first-order valence-corrected chi connectivity index (χ1v) is 5.58. The van der Waals surface area contributed by atoms with Crippen molar-refractivity contribution in [2.45, 2.75) is 59.6 Å². The van der Waals surface area contributed by atoms with E-state index in [1.165, 1.54) is 0 Å². The van der Waals surface area contributed by atoms with Crippen LogP contribution in [0.1, 0.15) is 53.4 Å². The zero-order valence-electron chi connectivity index (χ0n) is 10.4. The third-order valence-electron chi connectivity index (χ3n) is 2.22. The summed E-state index contributed by atoms with van der Waals surface area (Å²) in [5.74, 6) is -0.130. The van der Waals surface area contributed by atoms with Gasteiger partial charge >= 0.3 is 6.18 Å². The molecule has 0 aromatic carbocycles. The first kappa shape index (κ1) is 15.5. The van der Waals surface area contributed by atoms with Gasteiger partial charge in [-0.3, -0.25) is 4.79 Å². The molecule has 96 valence electrons. The minimum absolute atomic E-state index is 0.115. The third-order valence-corrected chi connectivity index (χ3v) is 2.22. The van der Waals surface area contributed by atoms with E-state index in [9.17, 15) is 18.0 Å². The first-order valence-electron chi connectivity index (χ1n) is 5.58. The third kappa shape index (κ3) is 9.99. The molecule has 0 aliphatic rings. The predicted molar refractivity (Wildman–Crippen MR) is 58.1 cm³/mol. The SMILES string of the molecule is CC(CC(=O)CCC(F)(F)F)CC(C)(C)C. The van der Waals surface area contributed by atoms with E-state index in [4.69, 9.17) is 0 Å². The Labute approximate surface area is 95.4 Å². The smallest absolute Gasteiger partial charge is 0.300 e. The molecule has 0 aromatic heterocycles. The number of halogens is 3. The van der Waals surface area contributed by atoms with E-state index in [0.717, 1.165) is 6.42 Å². The molecule has 0 saturated carbocycles. The van der Waals surface area contributed by atoms with Crippen molar-refractivity contribution < 1.29 is 18.0 Å². The lowest BCUT2D eigenvalue weighted by molar-refractivity contribution is -0.143. The Balaban J connectivity index is 3.88. The van der Waals surface area contributed by atoms with Crippen LogP contribution in [0.5, 0.6) is 0 Å². The summed E-state index contributed by atoms with van der Waals surface area (Å²) in [7, 11) is 0. The molecule has 0 amide bonds. The molecule has 0 bridgehead atoms. The van der Waals surface area contributed by atoms with Gasteiger partial charge in [-0.1, -0.05) is 27.7 Å². The van der Waals surface area contributed by atoms with Crippen LogP contribution in [0.3, 0.4) is 0 Å². The van der Waals surface area contributed by atoms with E-state index in [1.54, 1.807) is 0 Å². The fourth-order valence-corrected chi connectivity index (χ4v) is 1.89. The first-order chi connectivity index (χ1) is 6.99. The number of rotatable bonds is 5. The van der Waals surface area contributed by atoms with Gasteiger partial charge in [0.25, 0.3) is 0 Å². The molecule has 1 atom stereocenters. The van der Waals surface area contributed by atoms with Crippen LogP contribution in [0.15, 0.2) is 0 Å². The van der Waals surface area contributed by atoms with Crippen LogP contribution in [0, 0.1) is 11.3 Å². The van der Waals surface area contributed by atoms with Gasteiger partial charge in [0, 0.05) is 12.8 Å². The van der Waals surface area contributed by atoms with Crippen molar-refractivity contribution in [3.8, 4) is 0 Å². The summed E-state index contributed by atoms with van der Waals surface area (Å²) >= 11 is 0. The van der Waals surface area contributed by atoms with Crippen molar-refractivity contribution >= 4 is 5.78 Å². The number of hydrogen-bond acceptors (Lipinski definition) is 1. The highest BCUT2D eigenvalue weighted by atomic mass is 19.4. The molecule has 0 aliphatic carbocycles. The highest BCUT2D eigenvalue weighted by molar-refractivity contribution is 5.78. The zero-order valence-corrected chi connectivity index (χ0v) is 10.4. The summed E-state index contributed by atoms with van der Waals surface area (Å²) in [6, 6.07) is 0. The Morgan fingerprint density at radius 2 is 1.69 bits per heavy atom. The summed E-state index contributed by atoms with van der Waals surface area (Å²) in [5.41, 5.74) is 0.115. The van der Waals surface area contributed by atoms with Crippen molar-refractivity contribution in [3.05, 3.63) is 0 Å². The average molecular weight is 238 g/mol. The number of carbonyl (C=O) groups is 1. The van der Waals surface area contributed by atoms with Gasteiger partial charge in [0.15, 0.2) is 0 Å². The second kappa shape index (κ2) is 5.69. The fraction of sp³-hybridized carbons (Fsp3) is 0.917. The monoisotopic (exact) mass is 238 g/mol. The van der Waals surface area contributed by atoms with Gasteiger partial charge in [0.05, 0.1) is 6.42 Å². The van der Waals surface area contributed by atoms with Crippen molar-refractivity contribution in [3.63, 3.8) is 0 Å². The molecular formula is C12H21F3O. The molecule has 16 heavy (non-hydrogen) atoms. The Kier molecular flexibility index (Phi) is 5.50. The highest BCUT2D eigenvalue weighted by Gasteiger charge is 2.28. The van der Waals surface area contributed by atoms with Gasteiger partial charge < -0.3 is 0 Å². The standard InChI is InChI=1S/C12H21F3O/c1-9(8-11(2,3)4)7-10(16)5-6-12(13,14)15/h9H,5-8H2,1-4H3. The maximum Gasteiger partial charge on any atom is 0.389 e. The number of hydrogen-bond donors (Lipinski definition) is 0. The molecular weight excluding hydrogens is 217 g/mol. The highest BCUT2D eigenvalue weighted by Crippen LogP contribution is 2.27. The van der Waals surface area contributed by atoms with E-state index in [1.807, 2.05) is 6.92 Å². The van der Waals surface area contributed by atoms with Gasteiger partial charge in [-0.05, 0) is 17.8 Å². The normalized spacial score (nSPS) is 14.9. The van der Waals surface area contributed by atoms with Gasteiger partial charge in [-0.2, -0.15) is 13.2 Å². The lowest BCUT2D eigenvalue weighted by Gasteiger charge is -2.22. The van der Waals surface area contributed by atoms with Crippen LogP contribution in [-0.2, 0) is 4.79 Å². The lowest BCUT2D eigenvalue weighted by atomic mass is 9.83. The second-order valence-corrected chi connectivity index (χ2v) is 5.73. The lowest BCUT2D eigenvalue weighted by Crippen LogP contribution is -2.16. The molecule has 0 radical (unpaired) electrons. The van der Waals surface area contributed by atoms with Gasteiger partial charge in [0.2, 0.25) is 0 Å². The average Bonchev–Trinajstić information content (AvgIpc) is 1.95. The summed E-state index contributed by atoms with van der Waals surface area (Å²) in [6.07, 6.45) is -4.48. The number of Topliss-reactive ketones (excluding diaryl/α,β-unsaturated/α-hetero) is 1. The molecule has 4 heteroatoms. The van der Waals surface area contributed by atoms with Crippen molar-refractivity contribution in [2.75, 3.05) is 0 Å². The van der Waals surface area contributed by atoms with E-state index in [2.05, 4.69) is 20.8 Å². The van der Waals surface area contributed by atoms with Crippen molar-refractivity contribution in [2.24, 2.45) is 11.3 Å². The van der Waals surface area contributed by atoms with Crippen LogP contribution in [0.4, 0.5) is 13.2 Å².